The normalized spacial score (nSPS) is 11.5. The Morgan fingerprint density at radius 3 is 2.72 bits per heavy atom. The van der Waals surface area contributed by atoms with Gasteiger partial charge in [0.2, 0.25) is 5.88 Å². The fraction of sp³-hybridized carbons (Fsp3) is 0.200. The third-order valence-corrected chi connectivity index (χ3v) is 5.24. The lowest BCUT2D eigenvalue weighted by Crippen LogP contribution is -2.20. The molecule has 0 amide bonds. The molecule has 5 aromatic rings. The molecule has 0 bridgehead atoms. The van der Waals surface area contributed by atoms with Crippen molar-refractivity contribution in [3.63, 3.8) is 0 Å². The first-order valence-corrected chi connectivity index (χ1v) is 10.3. The Hall–Kier alpha value is -4.18. The highest BCUT2D eigenvalue weighted by Gasteiger charge is 2.17. The Balaban J connectivity index is 1.57. The lowest BCUT2D eigenvalue weighted by Gasteiger charge is -2.21. The van der Waals surface area contributed by atoms with E-state index < -0.39 is 0 Å². The van der Waals surface area contributed by atoms with Gasteiger partial charge in [-0.15, -0.1) is 0 Å². The van der Waals surface area contributed by atoms with Crippen molar-refractivity contribution in [3.8, 4) is 28.8 Å². The van der Waals surface area contributed by atoms with E-state index >= 15 is 0 Å². The van der Waals surface area contributed by atoms with Crippen molar-refractivity contribution in [1.82, 2.24) is 29.5 Å². The fourth-order valence-electron chi connectivity index (χ4n) is 3.62. The summed E-state index contributed by atoms with van der Waals surface area (Å²) < 4.78 is 7.34. The van der Waals surface area contributed by atoms with Crippen LogP contribution in [0.5, 0.6) is 5.88 Å². The number of nitrogens with one attached hydrogen (secondary N) is 1. The van der Waals surface area contributed by atoms with E-state index in [2.05, 4.69) is 69.2 Å². The highest BCUT2D eigenvalue weighted by Crippen LogP contribution is 2.30. The molecule has 0 radical (unpaired) electrons. The van der Waals surface area contributed by atoms with Crippen LogP contribution in [0.15, 0.2) is 55.2 Å². The van der Waals surface area contributed by atoms with E-state index in [0.29, 0.717) is 11.6 Å². The average Bonchev–Trinajstić information content (AvgIpc) is 3.41. The molecule has 0 fully saturated rings. The molecule has 0 aliphatic carbocycles. The van der Waals surface area contributed by atoms with Crippen LogP contribution in [0.3, 0.4) is 0 Å². The van der Waals surface area contributed by atoms with Crippen molar-refractivity contribution in [2.75, 3.05) is 7.11 Å². The first kappa shape index (κ1) is 19.8. The number of H-pyrrole nitrogens is 1. The summed E-state index contributed by atoms with van der Waals surface area (Å²) in [6.45, 7) is 6.50. The van der Waals surface area contributed by atoms with E-state index in [0.717, 1.165) is 38.9 Å². The van der Waals surface area contributed by atoms with Crippen LogP contribution in [0.2, 0.25) is 0 Å². The second-order valence-corrected chi connectivity index (χ2v) is 8.48. The molecule has 158 valence electrons. The summed E-state index contributed by atoms with van der Waals surface area (Å²) in [7, 11) is 1.58. The molecule has 0 spiro atoms. The van der Waals surface area contributed by atoms with E-state index in [1.54, 1.807) is 25.6 Å². The third kappa shape index (κ3) is 3.56. The summed E-state index contributed by atoms with van der Waals surface area (Å²) in [5.74, 6) is 6.72. The first-order chi connectivity index (χ1) is 15.4. The molecular formula is C25H22N6O. The summed E-state index contributed by atoms with van der Waals surface area (Å²) in [5, 5.41) is 0. The van der Waals surface area contributed by atoms with Gasteiger partial charge in [0.05, 0.1) is 30.7 Å². The lowest BCUT2D eigenvalue weighted by molar-refractivity contribution is 0.398. The van der Waals surface area contributed by atoms with Gasteiger partial charge in [-0.2, -0.15) is 0 Å². The molecule has 7 nitrogen and oxygen atoms in total. The van der Waals surface area contributed by atoms with E-state index in [1.807, 2.05) is 24.7 Å². The number of imidazole rings is 1. The summed E-state index contributed by atoms with van der Waals surface area (Å²) >= 11 is 0. The molecule has 4 heterocycles. The van der Waals surface area contributed by atoms with Gasteiger partial charge < -0.3 is 14.3 Å². The number of pyridine rings is 1. The molecule has 0 aliphatic heterocycles. The quantitative estimate of drug-likeness (QED) is 0.423. The smallest absolute Gasteiger partial charge is 0.214 e. The predicted molar refractivity (Wildman–Crippen MR) is 124 cm³/mol. The van der Waals surface area contributed by atoms with Gasteiger partial charge in [0, 0.05) is 35.1 Å². The van der Waals surface area contributed by atoms with Gasteiger partial charge in [-0.1, -0.05) is 12.0 Å². The van der Waals surface area contributed by atoms with Crippen molar-refractivity contribution in [2.45, 2.75) is 26.3 Å². The van der Waals surface area contributed by atoms with Gasteiger partial charge >= 0.3 is 0 Å². The second kappa shape index (κ2) is 7.50. The number of fused-ring (bicyclic) bond motifs is 2. The van der Waals surface area contributed by atoms with Crippen molar-refractivity contribution in [2.24, 2.45) is 0 Å². The molecule has 32 heavy (non-hydrogen) atoms. The third-order valence-electron chi connectivity index (χ3n) is 5.24. The zero-order valence-electron chi connectivity index (χ0n) is 18.3. The van der Waals surface area contributed by atoms with Crippen LogP contribution in [0.25, 0.3) is 33.3 Å². The number of nitrogens with zero attached hydrogens (tertiary/aromatic N) is 5. The largest absolute Gasteiger partial charge is 0.481 e. The summed E-state index contributed by atoms with van der Waals surface area (Å²) in [6, 6.07) is 9.87. The molecule has 0 aliphatic rings. The standard InChI is InChI=1S/C25H22N6O/c1-25(2,3)31-15-29-20-8-6-17(12-21(20)31)19-14-28-24-23(19)30-18(13-27-24)7-5-16-9-10-26-22(11-16)32-4/h6,8-15H,1-4H3,(H,27,28). The monoisotopic (exact) mass is 422 g/mol. The molecule has 0 unspecified atom stereocenters. The van der Waals surface area contributed by atoms with E-state index in [9.17, 15) is 0 Å². The van der Waals surface area contributed by atoms with Crippen molar-refractivity contribution in [1.29, 1.82) is 0 Å². The number of methoxy groups -OCH3 is 1. The molecule has 1 aromatic carbocycles. The highest BCUT2D eigenvalue weighted by atomic mass is 16.5. The van der Waals surface area contributed by atoms with Crippen molar-refractivity contribution in [3.05, 3.63) is 66.5 Å². The highest BCUT2D eigenvalue weighted by molar-refractivity contribution is 5.93. The number of hydrogen-bond donors (Lipinski definition) is 1. The number of rotatable bonds is 2. The zero-order valence-corrected chi connectivity index (χ0v) is 18.3. The van der Waals surface area contributed by atoms with Crippen LogP contribution in [-0.2, 0) is 5.54 Å². The number of aromatic nitrogens is 6. The maximum atomic E-state index is 5.16. The Labute approximate surface area is 185 Å². The zero-order chi connectivity index (χ0) is 22.3. The molecule has 1 N–H and O–H groups in total. The lowest BCUT2D eigenvalue weighted by atomic mass is 10.1. The number of ether oxygens (including phenoxy) is 1. The number of benzene rings is 1. The summed E-state index contributed by atoms with van der Waals surface area (Å²) in [5.41, 5.74) is 6.91. The maximum Gasteiger partial charge on any atom is 0.214 e. The Morgan fingerprint density at radius 1 is 1.03 bits per heavy atom. The van der Waals surface area contributed by atoms with E-state index in [4.69, 9.17) is 9.72 Å². The van der Waals surface area contributed by atoms with E-state index in [1.165, 1.54) is 0 Å². The summed E-state index contributed by atoms with van der Waals surface area (Å²) in [6.07, 6.45) is 7.17. The SMILES string of the molecule is COc1cc(C#Cc2cnc3[nH]cc(-c4ccc5ncn(C(C)(C)C)c5c4)c3n2)ccn1. The van der Waals surface area contributed by atoms with Crippen LogP contribution in [0.1, 0.15) is 32.0 Å². The minimum Gasteiger partial charge on any atom is -0.481 e. The molecular weight excluding hydrogens is 400 g/mol. The molecule has 4 aromatic heterocycles. The molecule has 5 rings (SSSR count). The Morgan fingerprint density at radius 2 is 1.91 bits per heavy atom. The minimum absolute atomic E-state index is 0.0637. The van der Waals surface area contributed by atoms with Gasteiger partial charge in [0.25, 0.3) is 0 Å². The van der Waals surface area contributed by atoms with Crippen LogP contribution in [-0.4, -0.2) is 36.6 Å². The van der Waals surface area contributed by atoms with Gasteiger partial charge in [0.15, 0.2) is 5.65 Å². The fourth-order valence-corrected chi connectivity index (χ4v) is 3.62. The van der Waals surface area contributed by atoms with Crippen LogP contribution in [0.4, 0.5) is 0 Å². The second-order valence-electron chi connectivity index (χ2n) is 8.48. The average molecular weight is 422 g/mol. The molecule has 7 heteroatoms. The summed E-state index contributed by atoms with van der Waals surface area (Å²) in [4.78, 5) is 21.1. The Bertz CT molecular complexity index is 1510. The molecule has 0 saturated carbocycles. The number of aromatic amines is 1. The van der Waals surface area contributed by atoms with Gasteiger partial charge in [0.1, 0.15) is 11.2 Å². The van der Waals surface area contributed by atoms with Gasteiger partial charge in [-0.25, -0.2) is 19.9 Å². The van der Waals surface area contributed by atoms with Crippen molar-refractivity contribution >= 4 is 22.2 Å². The molecule has 0 saturated heterocycles. The van der Waals surface area contributed by atoms with Crippen LogP contribution in [0, 0.1) is 11.8 Å². The van der Waals surface area contributed by atoms with Crippen LogP contribution < -0.4 is 4.74 Å². The van der Waals surface area contributed by atoms with Gasteiger partial charge in [-0.3, -0.25) is 0 Å². The maximum absolute atomic E-state index is 5.16. The van der Waals surface area contributed by atoms with E-state index in [-0.39, 0.29) is 5.54 Å². The number of hydrogen-bond acceptors (Lipinski definition) is 5. The van der Waals surface area contributed by atoms with Crippen molar-refractivity contribution < 1.29 is 4.74 Å². The minimum atomic E-state index is -0.0637. The Kier molecular flexibility index (Phi) is 4.63. The predicted octanol–water partition coefficient (Wildman–Crippen LogP) is 4.53. The first-order valence-electron chi connectivity index (χ1n) is 10.3. The van der Waals surface area contributed by atoms with Gasteiger partial charge in [-0.05, 0) is 50.5 Å². The van der Waals surface area contributed by atoms with Crippen LogP contribution >= 0.6 is 0 Å². The molecule has 0 atom stereocenters. The topological polar surface area (TPSA) is 81.5 Å².